The van der Waals surface area contributed by atoms with Crippen LogP contribution >= 0.6 is 11.8 Å². The summed E-state index contributed by atoms with van der Waals surface area (Å²) in [6.45, 7) is 3.96. The summed E-state index contributed by atoms with van der Waals surface area (Å²) < 4.78 is 18.5. The Balaban J connectivity index is 1.85. The van der Waals surface area contributed by atoms with Crippen molar-refractivity contribution in [2.45, 2.75) is 44.7 Å². The third-order valence-electron chi connectivity index (χ3n) is 4.48. The predicted octanol–water partition coefficient (Wildman–Crippen LogP) is 4.08. The lowest BCUT2D eigenvalue weighted by Gasteiger charge is -2.22. The minimum Gasteiger partial charge on any atom is -0.445 e. The average Bonchev–Trinajstić information content (AvgIpc) is 2.77. The summed E-state index contributed by atoms with van der Waals surface area (Å²) in [5, 5.41) is 5.28. The number of alkyl carbamates (subject to hydrolysis) is 1. The van der Waals surface area contributed by atoms with Crippen molar-refractivity contribution in [3.8, 4) is 0 Å². The number of halogens is 1. The Morgan fingerprint density at radius 2 is 1.78 bits per heavy atom. The van der Waals surface area contributed by atoms with E-state index in [-0.39, 0.29) is 18.3 Å². The van der Waals surface area contributed by atoms with E-state index in [1.165, 1.54) is 23.9 Å². The van der Waals surface area contributed by atoms with Crippen LogP contribution in [0.2, 0.25) is 0 Å². The van der Waals surface area contributed by atoms with Gasteiger partial charge < -0.3 is 20.2 Å². The number of hydrogen-bond acceptors (Lipinski definition) is 5. The number of carbonyl (C=O) groups excluding carboxylic acids is 3. The summed E-state index contributed by atoms with van der Waals surface area (Å²) in [5.74, 6) is 0.219. The number of benzene rings is 2. The summed E-state index contributed by atoms with van der Waals surface area (Å²) in [6.07, 6.45) is 0.364. The van der Waals surface area contributed by atoms with Crippen LogP contribution in [0.4, 0.5) is 9.18 Å². The number of thioether (sulfide) groups is 1. The molecule has 32 heavy (non-hydrogen) atoms. The van der Waals surface area contributed by atoms with Gasteiger partial charge in [-0.15, -0.1) is 0 Å². The van der Waals surface area contributed by atoms with E-state index in [4.69, 9.17) is 4.74 Å². The molecule has 0 bridgehead atoms. The molecule has 2 N–H and O–H groups in total. The van der Waals surface area contributed by atoms with Gasteiger partial charge in [-0.2, -0.15) is 11.8 Å². The average molecular weight is 461 g/mol. The third kappa shape index (κ3) is 9.51. The second-order valence-electron chi connectivity index (χ2n) is 7.78. The topological polar surface area (TPSA) is 84.5 Å². The third-order valence-corrected chi connectivity index (χ3v) is 5.61. The first-order valence-electron chi connectivity index (χ1n) is 10.4. The Labute approximate surface area is 192 Å². The highest BCUT2D eigenvalue weighted by Gasteiger charge is 2.24. The second-order valence-corrected chi connectivity index (χ2v) is 8.81. The zero-order valence-electron chi connectivity index (χ0n) is 18.3. The number of rotatable bonds is 12. The van der Waals surface area contributed by atoms with E-state index in [1.54, 1.807) is 12.1 Å². The number of nitrogens with one attached hydrogen (secondary N) is 2. The van der Waals surface area contributed by atoms with E-state index in [0.29, 0.717) is 24.2 Å². The highest BCUT2D eigenvalue weighted by Crippen LogP contribution is 2.14. The van der Waals surface area contributed by atoms with Crippen LogP contribution in [0, 0.1) is 11.7 Å². The molecule has 0 spiro atoms. The molecular weight excluding hydrogens is 431 g/mol. The van der Waals surface area contributed by atoms with E-state index in [2.05, 4.69) is 10.6 Å². The lowest BCUT2D eigenvalue weighted by atomic mass is 10.0. The number of amides is 2. The van der Waals surface area contributed by atoms with E-state index in [9.17, 15) is 18.8 Å². The molecule has 6 nitrogen and oxygen atoms in total. The molecule has 0 saturated heterocycles. The largest absolute Gasteiger partial charge is 0.445 e. The van der Waals surface area contributed by atoms with Crippen molar-refractivity contribution in [1.29, 1.82) is 0 Å². The minimum atomic E-state index is -0.825. The monoisotopic (exact) mass is 460 g/mol. The first kappa shape index (κ1) is 25.4. The van der Waals surface area contributed by atoms with E-state index < -0.39 is 24.1 Å². The zero-order chi connectivity index (χ0) is 23.3. The molecule has 0 radical (unpaired) electrons. The molecule has 2 aromatic rings. The standard InChI is InChI=1S/C24H29FN2O4S/c1-17(2)11-22(27-24(30)31-14-18-7-4-3-5-8-18)23(29)26-21(13-28)16-32-15-19-9-6-10-20(25)12-19/h3-10,12-13,17,21-22H,11,14-16H2,1-2H3,(H,26,29)(H,27,30)/t21?,22-/m1/s1. The van der Waals surface area contributed by atoms with Crippen molar-refractivity contribution in [3.63, 3.8) is 0 Å². The molecule has 0 aliphatic rings. The van der Waals surface area contributed by atoms with Gasteiger partial charge in [0.1, 0.15) is 24.8 Å². The van der Waals surface area contributed by atoms with Crippen LogP contribution in [0.5, 0.6) is 0 Å². The molecule has 2 amide bonds. The van der Waals surface area contributed by atoms with Crippen LogP contribution in [-0.2, 0) is 26.7 Å². The van der Waals surface area contributed by atoms with Crippen LogP contribution in [0.25, 0.3) is 0 Å². The lowest BCUT2D eigenvalue weighted by Crippen LogP contribution is -2.51. The highest BCUT2D eigenvalue weighted by molar-refractivity contribution is 7.98. The van der Waals surface area contributed by atoms with E-state index in [0.717, 1.165) is 11.1 Å². The Bertz CT molecular complexity index is 879. The van der Waals surface area contributed by atoms with Gasteiger partial charge in [-0.25, -0.2) is 9.18 Å². The molecule has 0 fully saturated rings. The maximum Gasteiger partial charge on any atom is 0.408 e. The Hall–Kier alpha value is -2.87. The molecule has 0 aliphatic carbocycles. The van der Waals surface area contributed by atoms with Gasteiger partial charge >= 0.3 is 6.09 Å². The summed E-state index contributed by atoms with van der Waals surface area (Å²) in [4.78, 5) is 36.4. The van der Waals surface area contributed by atoms with Gasteiger partial charge in [-0.1, -0.05) is 56.3 Å². The van der Waals surface area contributed by atoms with Crippen molar-refractivity contribution in [1.82, 2.24) is 10.6 Å². The lowest BCUT2D eigenvalue weighted by molar-refractivity contribution is -0.125. The van der Waals surface area contributed by atoms with Crippen LogP contribution in [0.15, 0.2) is 54.6 Å². The quantitative estimate of drug-likeness (QED) is 0.466. The molecular formula is C24H29FN2O4S. The SMILES string of the molecule is CC(C)C[C@@H](NC(=O)OCc1ccccc1)C(=O)NC(C=O)CSCc1cccc(F)c1. The number of hydrogen-bond donors (Lipinski definition) is 2. The summed E-state index contributed by atoms with van der Waals surface area (Å²) in [7, 11) is 0. The van der Waals surface area contributed by atoms with Crippen LogP contribution in [0.3, 0.4) is 0 Å². The molecule has 2 atom stereocenters. The molecule has 2 aromatic carbocycles. The van der Waals surface area contributed by atoms with Gasteiger partial charge in [-0.3, -0.25) is 4.79 Å². The Kier molecular flexibility index (Phi) is 10.7. The van der Waals surface area contributed by atoms with Crippen molar-refractivity contribution in [3.05, 3.63) is 71.5 Å². The molecule has 0 aliphatic heterocycles. The summed E-state index contributed by atoms with van der Waals surface area (Å²) in [6, 6.07) is 13.9. The molecule has 1 unspecified atom stereocenters. The zero-order valence-corrected chi connectivity index (χ0v) is 19.1. The van der Waals surface area contributed by atoms with Crippen molar-refractivity contribution >= 4 is 30.0 Å². The molecule has 2 rings (SSSR count). The minimum absolute atomic E-state index is 0.0936. The molecule has 0 saturated carbocycles. The van der Waals surface area contributed by atoms with Gasteiger partial charge in [0.05, 0.1) is 6.04 Å². The number of carbonyl (C=O) groups is 3. The fourth-order valence-electron chi connectivity index (χ4n) is 2.94. The van der Waals surface area contributed by atoms with Crippen LogP contribution in [0.1, 0.15) is 31.4 Å². The van der Waals surface area contributed by atoms with Crippen LogP contribution < -0.4 is 10.6 Å². The first-order valence-corrected chi connectivity index (χ1v) is 11.6. The fourth-order valence-corrected chi connectivity index (χ4v) is 3.89. The van der Waals surface area contributed by atoms with Gasteiger partial charge in [0, 0.05) is 11.5 Å². The van der Waals surface area contributed by atoms with Gasteiger partial charge in [0.25, 0.3) is 0 Å². The highest BCUT2D eigenvalue weighted by atomic mass is 32.2. The van der Waals surface area contributed by atoms with Gasteiger partial charge in [0.2, 0.25) is 5.91 Å². The first-order chi connectivity index (χ1) is 15.4. The fraction of sp³-hybridized carbons (Fsp3) is 0.375. The van der Waals surface area contributed by atoms with E-state index >= 15 is 0 Å². The van der Waals surface area contributed by atoms with Crippen LogP contribution in [-0.4, -0.2) is 36.1 Å². The Morgan fingerprint density at radius 3 is 2.44 bits per heavy atom. The summed E-state index contributed by atoms with van der Waals surface area (Å²) in [5.41, 5.74) is 1.63. The Morgan fingerprint density at radius 1 is 1.06 bits per heavy atom. The van der Waals surface area contributed by atoms with Gasteiger partial charge in [0.15, 0.2) is 0 Å². The number of aldehydes is 1. The van der Waals surface area contributed by atoms with Crippen molar-refractivity contribution < 1.29 is 23.5 Å². The molecule has 0 heterocycles. The molecule has 172 valence electrons. The van der Waals surface area contributed by atoms with E-state index in [1.807, 2.05) is 44.2 Å². The predicted molar refractivity (Wildman–Crippen MR) is 124 cm³/mol. The number of ether oxygens (including phenoxy) is 1. The molecule has 8 heteroatoms. The van der Waals surface area contributed by atoms with Gasteiger partial charge in [-0.05, 0) is 35.6 Å². The van der Waals surface area contributed by atoms with Crippen molar-refractivity contribution in [2.75, 3.05) is 5.75 Å². The second kappa shape index (κ2) is 13.5. The maximum absolute atomic E-state index is 13.3. The normalized spacial score (nSPS) is 12.6. The maximum atomic E-state index is 13.3. The smallest absolute Gasteiger partial charge is 0.408 e. The van der Waals surface area contributed by atoms with Crippen molar-refractivity contribution in [2.24, 2.45) is 5.92 Å². The summed E-state index contributed by atoms with van der Waals surface area (Å²) >= 11 is 1.41. The molecule has 0 aromatic heterocycles.